The van der Waals surface area contributed by atoms with E-state index in [0.717, 1.165) is 16.9 Å². The fourth-order valence-electron chi connectivity index (χ4n) is 2.78. The summed E-state index contributed by atoms with van der Waals surface area (Å²) in [4.78, 5) is 25.1. The Morgan fingerprint density at radius 1 is 0.935 bits per heavy atom. The average Bonchev–Trinajstić information content (AvgIpc) is 2.82. The van der Waals surface area contributed by atoms with Crippen molar-refractivity contribution in [1.29, 1.82) is 0 Å². The van der Waals surface area contributed by atoms with Gasteiger partial charge in [-0.3, -0.25) is 9.69 Å². The summed E-state index contributed by atoms with van der Waals surface area (Å²) in [6.07, 6.45) is 2.74. The molecule has 3 rings (SSSR count). The van der Waals surface area contributed by atoms with Crippen molar-refractivity contribution in [2.24, 2.45) is 0 Å². The Morgan fingerprint density at radius 2 is 1.61 bits per heavy atom. The summed E-state index contributed by atoms with van der Waals surface area (Å²) in [6, 6.07) is 24.4. The lowest BCUT2D eigenvalue weighted by Gasteiger charge is -2.15. The van der Waals surface area contributed by atoms with Gasteiger partial charge in [0.1, 0.15) is 12.4 Å². The van der Waals surface area contributed by atoms with Crippen molar-refractivity contribution in [3.8, 4) is 5.75 Å². The molecule has 1 N–H and O–H groups in total. The minimum atomic E-state index is -0.462. The number of amides is 2. The van der Waals surface area contributed by atoms with Gasteiger partial charge in [0.15, 0.2) is 0 Å². The Balaban J connectivity index is 1.51. The number of nitrogens with one attached hydrogen (secondary N) is 1. The maximum atomic E-state index is 12.2. The number of methoxy groups -OCH3 is 1. The Labute approximate surface area is 181 Å². The third kappa shape index (κ3) is 6.47. The van der Waals surface area contributed by atoms with E-state index in [9.17, 15) is 9.59 Å². The van der Waals surface area contributed by atoms with E-state index in [2.05, 4.69) is 10.1 Å². The first kappa shape index (κ1) is 21.6. The zero-order chi connectivity index (χ0) is 22.1. The van der Waals surface area contributed by atoms with Crippen LogP contribution >= 0.6 is 0 Å². The Hall–Kier alpha value is -4.06. The van der Waals surface area contributed by atoms with Crippen LogP contribution in [0.5, 0.6) is 5.75 Å². The molecule has 6 heteroatoms. The van der Waals surface area contributed by atoms with Gasteiger partial charge < -0.3 is 14.8 Å². The molecule has 0 bridgehead atoms. The summed E-state index contributed by atoms with van der Waals surface area (Å²) in [5.41, 5.74) is 3.28. The lowest BCUT2D eigenvalue weighted by atomic mass is 10.2. The molecule has 0 atom stereocenters. The van der Waals surface area contributed by atoms with Crippen LogP contribution in [0.4, 0.5) is 16.2 Å². The molecule has 0 saturated heterocycles. The molecule has 6 nitrogen and oxygen atoms in total. The van der Waals surface area contributed by atoms with Crippen molar-refractivity contribution in [3.63, 3.8) is 0 Å². The molecular formula is C25H24N2O4. The molecule has 0 aliphatic rings. The molecular weight excluding hydrogens is 392 g/mol. The first-order chi connectivity index (χ1) is 15.0. The van der Waals surface area contributed by atoms with Crippen LogP contribution in [0.25, 0.3) is 6.08 Å². The SMILES string of the molecule is COC(=O)N(C)c1ccc(NC(=O)/C=C/c2ccc(OCc3ccccc3)cc2)cc1. The van der Waals surface area contributed by atoms with Crippen LogP contribution in [0, 0.1) is 0 Å². The van der Waals surface area contributed by atoms with Gasteiger partial charge in [-0.25, -0.2) is 4.79 Å². The summed E-state index contributed by atoms with van der Waals surface area (Å²) >= 11 is 0. The summed E-state index contributed by atoms with van der Waals surface area (Å²) in [7, 11) is 2.94. The molecule has 2 amide bonds. The van der Waals surface area contributed by atoms with Gasteiger partial charge >= 0.3 is 6.09 Å². The average molecular weight is 416 g/mol. The van der Waals surface area contributed by atoms with Gasteiger partial charge in [0.2, 0.25) is 5.91 Å². The lowest BCUT2D eigenvalue weighted by molar-refractivity contribution is -0.111. The third-order valence-electron chi connectivity index (χ3n) is 4.53. The van der Waals surface area contributed by atoms with E-state index < -0.39 is 6.09 Å². The quantitative estimate of drug-likeness (QED) is 0.543. The van der Waals surface area contributed by atoms with Crippen LogP contribution in [-0.4, -0.2) is 26.2 Å². The van der Waals surface area contributed by atoms with Crippen LogP contribution < -0.4 is 15.0 Å². The molecule has 0 spiro atoms. The van der Waals surface area contributed by atoms with E-state index in [-0.39, 0.29) is 5.91 Å². The number of rotatable bonds is 7. The molecule has 0 aromatic heterocycles. The van der Waals surface area contributed by atoms with Gasteiger partial charge in [-0.1, -0.05) is 42.5 Å². The number of hydrogen-bond donors (Lipinski definition) is 1. The monoisotopic (exact) mass is 416 g/mol. The van der Waals surface area contributed by atoms with E-state index in [0.29, 0.717) is 18.0 Å². The fourth-order valence-corrected chi connectivity index (χ4v) is 2.78. The molecule has 0 aliphatic carbocycles. The first-order valence-corrected chi connectivity index (χ1v) is 9.73. The second-order valence-electron chi connectivity index (χ2n) is 6.74. The maximum absolute atomic E-state index is 12.2. The molecule has 0 fully saturated rings. The van der Waals surface area contributed by atoms with Gasteiger partial charge in [0.05, 0.1) is 7.11 Å². The molecule has 3 aromatic rings. The number of benzene rings is 3. The zero-order valence-corrected chi connectivity index (χ0v) is 17.4. The summed E-state index contributed by atoms with van der Waals surface area (Å²) < 4.78 is 10.4. The van der Waals surface area contributed by atoms with Gasteiger partial charge in [0, 0.05) is 24.5 Å². The van der Waals surface area contributed by atoms with Crippen LogP contribution in [0.3, 0.4) is 0 Å². The van der Waals surface area contributed by atoms with Crippen molar-refractivity contribution in [2.45, 2.75) is 6.61 Å². The van der Waals surface area contributed by atoms with E-state index in [1.54, 1.807) is 37.4 Å². The fraction of sp³-hybridized carbons (Fsp3) is 0.120. The first-order valence-electron chi connectivity index (χ1n) is 9.73. The van der Waals surface area contributed by atoms with E-state index in [1.807, 2.05) is 54.6 Å². The molecule has 158 valence electrons. The largest absolute Gasteiger partial charge is 0.489 e. The van der Waals surface area contributed by atoms with Crippen molar-refractivity contribution < 1.29 is 19.1 Å². The third-order valence-corrected chi connectivity index (χ3v) is 4.53. The Morgan fingerprint density at radius 3 is 2.26 bits per heavy atom. The van der Waals surface area contributed by atoms with Crippen molar-refractivity contribution in [1.82, 2.24) is 0 Å². The maximum Gasteiger partial charge on any atom is 0.413 e. The highest BCUT2D eigenvalue weighted by Gasteiger charge is 2.10. The van der Waals surface area contributed by atoms with Gasteiger partial charge in [-0.05, 0) is 53.6 Å². The topological polar surface area (TPSA) is 67.9 Å². The number of carbonyl (C=O) groups excluding carboxylic acids is 2. The number of ether oxygens (including phenoxy) is 2. The molecule has 0 heterocycles. The number of nitrogens with zero attached hydrogens (tertiary/aromatic N) is 1. The standard InChI is InChI=1S/C25H24N2O4/c1-27(25(29)30-2)22-13-11-21(12-14-22)26-24(28)17-10-19-8-15-23(16-9-19)31-18-20-6-4-3-5-7-20/h3-17H,18H2,1-2H3,(H,26,28)/b17-10+. The minimum Gasteiger partial charge on any atom is -0.489 e. The number of hydrogen-bond acceptors (Lipinski definition) is 4. The highest BCUT2D eigenvalue weighted by molar-refractivity contribution is 6.02. The lowest BCUT2D eigenvalue weighted by Crippen LogP contribution is -2.25. The second-order valence-corrected chi connectivity index (χ2v) is 6.74. The summed E-state index contributed by atoms with van der Waals surface area (Å²) in [5.74, 6) is 0.515. The minimum absolute atomic E-state index is 0.251. The normalized spacial score (nSPS) is 10.5. The molecule has 0 unspecified atom stereocenters. The summed E-state index contributed by atoms with van der Waals surface area (Å²) in [6.45, 7) is 0.507. The Kier molecular flexibility index (Phi) is 7.43. The molecule has 3 aromatic carbocycles. The predicted molar refractivity (Wildman–Crippen MR) is 122 cm³/mol. The number of carbonyl (C=O) groups is 2. The molecule has 0 radical (unpaired) electrons. The van der Waals surface area contributed by atoms with E-state index >= 15 is 0 Å². The van der Waals surface area contributed by atoms with Gasteiger partial charge in [-0.2, -0.15) is 0 Å². The van der Waals surface area contributed by atoms with Crippen LogP contribution in [0.2, 0.25) is 0 Å². The van der Waals surface area contributed by atoms with Crippen molar-refractivity contribution >= 4 is 29.5 Å². The van der Waals surface area contributed by atoms with Gasteiger partial charge in [-0.15, -0.1) is 0 Å². The zero-order valence-electron chi connectivity index (χ0n) is 17.4. The van der Waals surface area contributed by atoms with E-state index in [1.165, 1.54) is 18.1 Å². The van der Waals surface area contributed by atoms with Crippen LogP contribution in [0.1, 0.15) is 11.1 Å². The van der Waals surface area contributed by atoms with Crippen molar-refractivity contribution in [2.75, 3.05) is 24.4 Å². The van der Waals surface area contributed by atoms with Gasteiger partial charge in [0.25, 0.3) is 0 Å². The van der Waals surface area contributed by atoms with E-state index in [4.69, 9.17) is 4.74 Å². The molecule has 0 aliphatic heterocycles. The van der Waals surface area contributed by atoms with Crippen molar-refractivity contribution in [3.05, 3.63) is 96.1 Å². The highest BCUT2D eigenvalue weighted by Crippen LogP contribution is 2.18. The summed E-state index contributed by atoms with van der Waals surface area (Å²) in [5, 5.41) is 2.79. The highest BCUT2D eigenvalue weighted by atomic mass is 16.5. The molecule has 31 heavy (non-hydrogen) atoms. The van der Waals surface area contributed by atoms with Crippen LogP contribution in [-0.2, 0) is 16.1 Å². The predicted octanol–water partition coefficient (Wildman–Crippen LogP) is 5.12. The molecule has 0 saturated carbocycles. The smallest absolute Gasteiger partial charge is 0.413 e. The Bertz CT molecular complexity index is 1030. The second kappa shape index (κ2) is 10.6. The number of anilines is 2. The van der Waals surface area contributed by atoms with Crippen LogP contribution in [0.15, 0.2) is 84.9 Å².